The summed E-state index contributed by atoms with van der Waals surface area (Å²) in [6, 6.07) is 20.5. The molecule has 208 valence electrons. The van der Waals surface area contributed by atoms with Gasteiger partial charge >= 0.3 is 0 Å². The predicted molar refractivity (Wildman–Crippen MR) is 147 cm³/mol. The van der Waals surface area contributed by atoms with Gasteiger partial charge in [0.25, 0.3) is 6.20 Å². The third kappa shape index (κ3) is 4.95. The Kier molecular flexibility index (Phi) is 6.58. The van der Waals surface area contributed by atoms with E-state index in [2.05, 4.69) is 12.1 Å². The number of fused-ring (bicyclic) bond motifs is 2. The lowest BCUT2D eigenvalue weighted by atomic mass is 9.87. The number of nitrogens with zero attached hydrogens (tertiary/aromatic N) is 2. The molecule has 2 aromatic heterocycles. The van der Waals surface area contributed by atoms with Gasteiger partial charge in [0.2, 0.25) is 12.1 Å². The molecule has 3 heterocycles. The van der Waals surface area contributed by atoms with Crippen LogP contribution in [0.3, 0.4) is 0 Å². The number of halogens is 2. The number of carbonyl (C=O) groups excluding carboxylic acids is 1. The number of furan rings is 1. The largest absolute Gasteiger partial charge is 0.458 e. The molecule has 0 bridgehead atoms. The third-order valence-corrected chi connectivity index (χ3v) is 7.87. The van der Waals surface area contributed by atoms with E-state index in [9.17, 15) is 23.9 Å². The zero-order valence-corrected chi connectivity index (χ0v) is 22.6. The Balaban J connectivity index is 1.29. The van der Waals surface area contributed by atoms with E-state index < -0.39 is 11.4 Å². The fourth-order valence-corrected chi connectivity index (χ4v) is 5.73. The highest BCUT2D eigenvalue weighted by Gasteiger charge is 2.35. The van der Waals surface area contributed by atoms with Crippen molar-refractivity contribution in [2.75, 3.05) is 6.54 Å². The standard InChI is InChI=1S/C33H29F2N2O4/c1-20-3-9-26-23(15-20)11-14-37(32(26)22-5-7-25(34)8-6-22)31(38)17-21-4-10-29-24(16-21)18-30(41-29)33(2,39)27-12-13-36(40)19-28(27)35/h3-10,12-13,15-16,18-19,32,39-40H,11,14,17H2,1-2H3/q+1. The van der Waals surface area contributed by atoms with E-state index in [1.54, 1.807) is 30.3 Å². The molecule has 0 radical (unpaired) electrons. The number of hydrogen-bond acceptors (Lipinski definition) is 4. The average molecular weight is 556 g/mol. The van der Waals surface area contributed by atoms with E-state index in [1.807, 2.05) is 24.0 Å². The molecule has 2 atom stereocenters. The summed E-state index contributed by atoms with van der Waals surface area (Å²) in [6.45, 7) is 4.00. The molecule has 1 amide bonds. The highest BCUT2D eigenvalue weighted by Crippen LogP contribution is 2.37. The van der Waals surface area contributed by atoms with Crippen LogP contribution in [-0.4, -0.2) is 27.7 Å². The minimum atomic E-state index is -1.80. The molecular weight excluding hydrogens is 526 g/mol. The van der Waals surface area contributed by atoms with Gasteiger partial charge in [0.05, 0.1) is 12.5 Å². The third-order valence-electron chi connectivity index (χ3n) is 7.87. The fourth-order valence-electron chi connectivity index (χ4n) is 5.73. The van der Waals surface area contributed by atoms with Crippen molar-refractivity contribution in [1.82, 2.24) is 4.90 Å². The van der Waals surface area contributed by atoms with Gasteiger partial charge in [0.15, 0.2) is 5.82 Å². The normalized spacial score (nSPS) is 16.4. The molecule has 3 aromatic carbocycles. The molecule has 0 spiro atoms. The maximum atomic E-state index is 14.5. The molecule has 0 fully saturated rings. The Morgan fingerprint density at radius 3 is 2.61 bits per heavy atom. The van der Waals surface area contributed by atoms with Crippen molar-refractivity contribution in [3.05, 3.63) is 136 Å². The highest BCUT2D eigenvalue weighted by atomic mass is 19.1. The number of aliphatic hydroxyl groups is 1. The second-order valence-corrected chi connectivity index (χ2v) is 10.8. The Morgan fingerprint density at radius 2 is 1.85 bits per heavy atom. The van der Waals surface area contributed by atoms with Crippen LogP contribution in [0.2, 0.25) is 0 Å². The number of benzene rings is 3. The van der Waals surface area contributed by atoms with Crippen molar-refractivity contribution < 1.29 is 33.0 Å². The Bertz CT molecular complexity index is 1780. The van der Waals surface area contributed by atoms with Crippen LogP contribution in [0.4, 0.5) is 8.78 Å². The van der Waals surface area contributed by atoms with Crippen LogP contribution in [0.1, 0.15) is 52.1 Å². The number of aromatic nitrogens is 1. The van der Waals surface area contributed by atoms with E-state index in [0.29, 0.717) is 22.2 Å². The molecule has 0 aliphatic carbocycles. The van der Waals surface area contributed by atoms with E-state index >= 15 is 0 Å². The first kappa shape index (κ1) is 26.7. The molecule has 0 saturated heterocycles. The quantitative estimate of drug-likeness (QED) is 0.221. The summed E-state index contributed by atoms with van der Waals surface area (Å²) in [5.74, 6) is -1.06. The number of aryl methyl sites for hydroxylation is 1. The smallest absolute Gasteiger partial charge is 0.258 e. The van der Waals surface area contributed by atoms with E-state index in [-0.39, 0.29) is 35.5 Å². The van der Waals surface area contributed by atoms with Crippen LogP contribution in [0.5, 0.6) is 0 Å². The molecule has 2 unspecified atom stereocenters. The molecule has 5 aromatic rings. The lowest BCUT2D eigenvalue weighted by Crippen LogP contribution is -2.41. The Hall–Kier alpha value is -4.56. The Labute approximate surface area is 235 Å². The van der Waals surface area contributed by atoms with E-state index in [1.165, 1.54) is 36.9 Å². The predicted octanol–water partition coefficient (Wildman–Crippen LogP) is 5.52. The van der Waals surface area contributed by atoms with Gasteiger partial charge in [-0.25, -0.2) is 4.39 Å². The van der Waals surface area contributed by atoms with Gasteiger partial charge in [-0.15, -0.1) is 0 Å². The molecule has 0 saturated carbocycles. The van der Waals surface area contributed by atoms with Crippen molar-refractivity contribution in [2.24, 2.45) is 0 Å². The molecule has 41 heavy (non-hydrogen) atoms. The number of amides is 1. The fraction of sp³-hybridized carbons (Fsp3) is 0.212. The summed E-state index contributed by atoms with van der Waals surface area (Å²) in [5.41, 5.74) is 3.62. The van der Waals surface area contributed by atoms with Crippen LogP contribution >= 0.6 is 0 Å². The number of rotatable bonds is 5. The van der Waals surface area contributed by atoms with Crippen LogP contribution in [0.25, 0.3) is 11.0 Å². The van der Waals surface area contributed by atoms with E-state index in [4.69, 9.17) is 4.42 Å². The molecule has 2 N–H and O–H groups in total. The zero-order valence-electron chi connectivity index (χ0n) is 22.6. The monoisotopic (exact) mass is 555 g/mol. The number of pyridine rings is 1. The first-order valence-corrected chi connectivity index (χ1v) is 13.4. The van der Waals surface area contributed by atoms with Gasteiger partial charge in [-0.3, -0.25) is 10.0 Å². The number of carbonyl (C=O) groups is 1. The zero-order chi connectivity index (χ0) is 28.9. The van der Waals surface area contributed by atoms with Gasteiger partial charge in [-0.2, -0.15) is 4.39 Å². The maximum Gasteiger partial charge on any atom is 0.258 e. The van der Waals surface area contributed by atoms with Gasteiger partial charge in [0, 0.05) is 28.3 Å². The SMILES string of the molecule is Cc1ccc2c(c1)CCN(C(=O)Cc1ccc3oc(C(C)(O)c4cc[n+](O)cc4F)cc3c1)C2c1ccc(F)cc1. The average Bonchev–Trinajstić information content (AvgIpc) is 3.37. The summed E-state index contributed by atoms with van der Waals surface area (Å²) in [7, 11) is 0. The molecule has 8 heteroatoms. The summed E-state index contributed by atoms with van der Waals surface area (Å²) in [5, 5.41) is 21.3. The van der Waals surface area contributed by atoms with E-state index in [0.717, 1.165) is 34.9 Å². The lowest BCUT2D eigenvalue weighted by Gasteiger charge is -2.38. The molecular formula is C33H29F2N2O4+. The molecule has 1 aliphatic heterocycles. The molecule has 1 aliphatic rings. The molecule has 6 rings (SSSR count). The van der Waals surface area contributed by atoms with Crippen molar-refractivity contribution >= 4 is 16.9 Å². The first-order valence-electron chi connectivity index (χ1n) is 13.4. The highest BCUT2D eigenvalue weighted by molar-refractivity contribution is 5.84. The van der Waals surface area contributed by atoms with Crippen molar-refractivity contribution in [1.29, 1.82) is 0 Å². The lowest BCUT2D eigenvalue weighted by molar-refractivity contribution is -0.905. The second kappa shape index (κ2) is 10.1. The Morgan fingerprint density at radius 1 is 1.07 bits per heavy atom. The van der Waals surface area contributed by atoms with Crippen molar-refractivity contribution in [3.63, 3.8) is 0 Å². The summed E-state index contributed by atoms with van der Waals surface area (Å²) < 4.78 is 34.7. The van der Waals surface area contributed by atoms with Crippen molar-refractivity contribution in [2.45, 2.75) is 38.3 Å². The van der Waals surface area contributed by atoms with Crippen LogP contribution in [-0.2, 0) is 23.2 Å². The van der Waals surface area contributed by atoms with Gasteiger partial charge in [0.1, 0.15) is 22.8 Å². The topological polar surface area (TPSA) is 77.8 Å². The van der Waals surface area contributed by atoms with Crippen LogP contribution in [0.15, 0.2) is 89.6 Å². The second-order valence-electron chi connectivity index (χ2n) is 10.8. The van der Waals surface area contributed by atoms with Crippen LogP contribution in [0, 0.1) is 18.6 Å². The van der Waals surface area contributed by atoms with Crippen molar-refractivity contribution in [3.8, 4) is 0 Å². The summed E-state index contributed by atoms with van der Waals surface area (Å²) in [6.07, 6.45) is 2.94. The van der Waals surface area contributed by atoms with Gasteiger partial charge < -0.3 is 14.4 Å². The first-order chi connectivity index (χ1) is 19.6. The maximum absolute atomic E-state index is 14.5. The number of hydrogen-bond donors (Lipinski definition) is 2. The van der Waals surface area contributed by atoms with Gasteiger partial charge in [-0.1, -0.05) is 42.0 Å². The summed E-state index contributed by atoms with van der Waals surface area (Å²) >= 11 is 0. The minimum Gasteiger partial charge on any atom is -0.458 e. The molecule has 6 nitrogen and oxygen atoms in total. The minimum absolute atomic E-state index is 0.0512. The summed E-state index contributed by atoms with van der Waals surface area (Å²) in [4.78, 5) is 15.6. The van der Waals surface area contributed by atoms with Gasteiger partial charge in [-0.05, 0) is 72.9 Å². The van der Waals surface area contributed by atoms with Crippen LogP contribution < -0.4 is 4.73 Å².